The van der Waals surface area contributed by atoms with Crippen LogP contribution in [-0.2, 0) is 18.2 Å². The van der Waals surface area contributed by atoms with Gasteiger partial charge in [0, 0.05) is 20.1 Å². The highest BCUT2D eigenvalue weighted by Crippen LogP contribution is 2.17. The summed E-state index contributed by atoms with van der Waals surface area (Å²) in [5.74, 6) is -0.0283. The lowest BCUT2D eigenvalue weighted by Gasteiger charge is -2.02. The van der Waals surface area contributed by atoms with E-state index in [0.717, 1.165) is 17.8 Å². The Kier molecular flexibility index (Phi) is 3.62. The van der Waals surface area contributed by atoms with E-state index < -0.39 is 5.97 Å². The molecule has 2 aromatic rings. The van der Waals surface area contributed by atoms with Gasteiger partial charge in [0.2, 0.25) is 0 Å². The molecule has 0 saturated heterocycles. The average molecular weight is 248 g/mol. The zero-order chi connectivity index (χ0) is 13.1. The van der Waals surface area contributed by atoms with Gasteiger partial charge in [-0.25, -0.2) is 9.78 Å². The van der Waals surface area contributed by atoms with Crippen LogP contribution in [0.1, 0.15) is 23.1 Å². The minimum absolute atomic E-state index is 0.261. The summed E-state index contributed by atoms with van der Waals surface area (Å²) in [4.78, 5) is 15.3. The molecule has 0 amide bonds. The molecule has 0 aliphatic carbocycles. The van der Waals surface area contributed by atoms with E-state index >= 15 is 0 Å². The van der Waals surface area contributed by atoms with Crippen molar-refractivity contribution in [3.8, 4) is 0 Å². The first-order valence-electron chi connectivity index (χ1n) is 5.90. The van der Waals surface area contributed by atoms with Crippen LogP contribution in [0.5, 0.6) is 0 Å². The Hall–Kier alpha value is -1.88. The molecule has 0 aliphatic rings. The number of hydrogen-bond acceptors (Lipinski definition) is 3. The van der Waals surface area contributed by atoms with Crippen LogP contribution in [0.2, 0.25) is 0 Å². The third-order valence-corrected chi connectivity index (χ3v) is 2.89. The van der Waals surface area contributed by atoms with E-state index in [1.807, 2.05) is 18.5 Å². The minimum atomic E-state index is -0.932. The first-order chi connectivity index (χ1) is 8.63. The summed E-state index contributed by atoms with van der Waals surface area (Å²) >= 11 is 0. The van der Waals surface area contributed by atoms with Crippen molar-refractivity contribution in [1.29, 1.82) is 0 Å². The molecule has 5 heteroatoms. The molecule has 96 valence electrons. The van der Waals surface area contributed by atoms with Gasteiger partial charge in [-0.2, -0.15) is 0 Å². The fourth-order valence-corrected chi connectivity index (χ4v) is 1.91. The normalized spacial score (nSPS) is 11.0. The Morgan fingerprint density at radius 2 is 2.28 bits per heavy atom. The van der Waals surface area contributed by atoms with E-state index in [0.29, 0.717) is 18.7 Å². The SMILES string of the molecule is CCOCCc1nc2cc(C(=O)O)ccc2n1C. The number of aryl methyl sites for hydroxylation is 1. The van der Waals surface area contributed by atoms with Gasteiger partial charge in [-0.1, -0.05) is 0 Å². The van der Waals surface area contributed by atoms with Crippen molar-refractivity contribution in [3.63, 3.8) is 0 Å². The van der Waals surface area contributed by atoms with E-state index in [9.17, 15) is 4.79 Å². The number of carbonyl (C=O) groups is 1. The number of carboxylic acids is 1. The number of hydrogen-bond donors (Lipinski definition) is 1. The van der Waals surface area contributed by atoms with Crippen LogP contribution in [0.3, 0.4) is 0 Å². The predicted octanol–water partition coefficient (Wildman–Crippen LogP) is 1.85. The number of imidazole rings is 1. The van der Waals surface area contributed by atoms with Gasteiger partial charge >= 0.3 is 5.97 Å². The molecule has 5 nitrogen and oxygen atoms in total. The maximum absolute atomic E-state index is 10.9. The largest absolute Gasteiger partial charge is 0.478 e. The molecule has 1 heterocycles. The fraction of sp³-hybridized carbons (Fsp3) is 0.385. The Bertz CT molecular complexity index is 575. The topological polar surface area (TPSA) is 64.3 Å². The van der Waals surface area contributed by atoms with Gasteiger partial charge in [-0.3, -0.25) is 0 Å². The number of aromatic nitrogens is 2. The van der Waals surface area contributed by atoms with Crippen LogP contribution in [0, 0.1) is 0 Å². The molecule has 0 atom stereocenters. The summed E-state index contributed by atoms with van der Waals surface area (Å²) < 4.78 is 7.28. The second-order valence-corrected chi connectivity index (χ2v) is 4.04. The summed E-state index contributed by atoms with van der Waals surface area (Å²) in [5.41, 5.74) is 1.91. The van der Waals surface area contributed by atoms with Crippen LogP contribution in [0.4, 0.5) is 0 Å². The maximum atomic E-state index is 10.9. The van der Waals surface area contributed by atoms with Gasteiger partial charge < -0.3 is 14.4 Å². The number of aromatic carboxylic acids is 1. The number of nitrogens with zero attached hydrogens (tertiary/aromatic N) is 2. The van der Waals surface area contributed by atoms with Crippen molar-refractivity contribution in [1.82, 2.24) is 9.55 Å². The molecular weight excluding hydrogens is 232 g/mol. The Balaban J connectivity index is 2.33. The lowest BCUT2D eigenvalue weighted by Crippen LogP contribution is -2.04. The Morgan fingerprint density at radius 1 is 1.50 bits per heavy atom. The molecule has 0 unspecified atom stereocenters. The molecule has 0 spiro atoms. The van der Waals surface area contributed by atoms with Gasteiger partial charge in [-0.05, 0) is 25.1 Å². The molecule has 1 N–H and O–H groups in total. The van der Waals surface area contributed by atoms with Crippen molar-refractivity contribution in [3.05, 3.63) is 29.6 Å². The van der Waals surface area contributed by atoms with Gasteiger partial charge in [-0.15, -0.1) is 0 Å². The minimum Gasteiger partial charge on any atom is -0.478 e. The van der Waals surface area contributed by atoms with Crippen molar-refractivity contribution in [2.75, 3.05) is 13.2 Å². The van der Waals surface area contributed by atoms with E-state index in [1.54, 1.807) is 18.2 Å². The van der Waals surface area contributed by atoms with E-state index in [4.69, 9.17) is 9.84 Å². The highest BCUT2D eigenvalue weighted by Gasteiger charge is 2.10. The molecule has 0 bridgehead atoms. The second kappa shape index (κ2) is 5.18. The first-order valence-corrected chi connectivity index (χ1v) is 5.90. The molecule has 0 aliphatic heterocycles. The Labute approximate surface area is 105 Å². The zero-order valence-corrected chi connectivity index (χ0v) is 10.5. The van der Waals surface area contributed by atoms with Crippen molar-refractivity contribution >= 4 is 17.0 Å². The van der Waals surface area contributed by atoms with Crippen LogP contribution in [0.15, 0.2) is 18.2 Å². The summed E-state index contributed by atoms with van der Waals surface area (Å²) in [5, 5.41) is 8.94. The lowest BCUT2D eigenvalue weighted by molar-refractivity contribution is 0.0697. The van der Waals surface area contributed by atoms with Crippen LogP contribution in [0.25, 0.3) is 11.0 Å². The van der Waals surface area contributed by atoms with E-state index in [2.05, 4.69) is 4.98 Å². The van der Waals surface area contributed by atoms with Gasteiger partial charge in [0.1, 0.15) is 5.82 Å². The summed E-state index contributed by atoms with van der Waals surface area (Å²) in [6, 6.07) is 4.98. The summed E-state index contributed by atoms with van der Waals surface area (Å²) in [7, 11) is 1.93. The van der Waals surface area contributed by atoms with Crippen molar-refractivity contribution in [2.45, 2.75) is 13.3 Å². The first kappa shape index (κ1) is 12.6. The standard InChI is InChI=1S/C13H16N2O3/c1-3-18-7-6-12-14-10-8-9(13(16)17)4-5-11(10)15(12)2/h4-5,8H,3,6-7H2,1-2H3,(H,16,17). The lowest BCUT2D eigenvalue weighted by atomic mass is 10.2. The zero-order valence-electron chi connectivity index (χ0n) is 10.5. The maximum Gasteiger partial charge on any atom is 0.335 e. The smallest absolute Gasteiger partial charge is 0.335 e. The fourth-order valence-electron chi connectivity index (χ4n) is 1.91. The average Bonchev–Trinajstić information content (AvgIpc) is 2.66. The van der Waals surface area contributed by atoms with E-state index in [1.165, 1.54) is 0 Å². The molecular formula is C13H16N2O3. The molecule has 1 aromatic carbocycles. The quantitative estimate of drug-likeness (QED) is 0.820. The molecule has 1 aromatic heterocycles. The highest BCUT2D eigenvalue weighted by atomic mass is 16.5. The van der Waals surface area contributed by atoms with Gasteiger partial charge in [0.25, 0.3) is 0 Å². The number of rotatable bonds is 5. The van der Waals surface area contributed by atoms with E-state index in [-0.39, 0.29) is 5.56 Å². The molecule has 2 rings (SSSR count). The third kappa shape index (κ3) is 2.36. The molecule has 0 fully saturated rings. The summed E-state index contributed by atoms with van der Waals surface area (Å²) in [6.07, 6.45) is 0.724. The molecule has 18 heavy (non-hydrogen) atoms. The molecule has 0 radical (unpaired) electrons. The summed E-state index contributed by atoms with van der Waals surface area (Å²) in [6.45, 7) is 3.26. The van der Waals surface area contributed by atoms with Gasteiger partial charge in [0.05, 0.1) is 23.2 Å². The van der Waals surface area contributed by atoms with Gasteiger partial charge in [0.15, 0.2) is 0 Å². The van der Waals surface area contributed by atoms with Crippen LogP contribution < -0.4 is 0 Å². The predicted molar refractivity (Wildman–Crippen MR) is 67.9 cm³/mol. The number of fused-ring (bicyclic) bond motifs is 1. The van der Waals surface area contributed by atoms with Crippen LogP contribution in [-0.4, -0.2) is 33.8 Å². The molecule has 0 saturated carbocycles. The number of benzene rings is 1. The number of ether oxygens (including phenoxy) is 1. The highest BCUT2D eigenvalue weighted by molar-refractivity contribution is 5.92. The van der Waals surface area contributed by atoms with Crippen LogP contribution >= 0.6 is 0 Å². The third-order valence-electron chi connectivity index (χ3n) is 2.89. The monoisotopic (exact) mass is 248 g/mol. The van der Waals surface area contributed by atoms with Crippen molar-refractivity contribution < 1.29 is 14.6 Å². The Morgan fingerprint density at radius 3 is 2.94 bits per heavy atom. The number of carboxylic acid groups (broad SMARTS) is 1. The van der Waals surface area contributed by atoms with Crippen molar-refractivity contribution in [2.24, 2.45) is 7.05 Å². The second-order valence-electron chi connectivity index (χ2n) is 4.04.